The zero-order valence-corrected chi connectivity index (χ0v) is 20.0. The standard InChI is InChI=1S/C24H18Cl3N3O4/c1-2-22(31)29-18-7-3-14(4-8-18)23(32)30-28-13-15-11-16(25)6-10-21(15)34-24(33)19-9-5-17(26)12-20(19)27/h3-13H,2H2,1H3,(H,29,31)(H,30,32)/b28-13+. The summed E-state index contributed by atoms with van der Waals surface area (Å²) in [6, 6.07) is 15.3. The number of carbonyl (C=O) groups excluding carboxylic acids is 3. The minimum atomic E-state index is -0.696. The second-order valence-corrected chi connectivity index (χ2v) is 8.15. The van der Waals surface area contributed by atoms with E-state index in [1.807, 2.05) is 0 Å². The van der Waals surface area contributed by atoms with Gasteiger partial charge in [0, 0.05) is 33.3 Å². The molecule has 3 rings (SSSR count). The summed E-state index contributed by atoms with van der Waals surface area (Å²) < 4.78 is 5.44. The largest absolute Gasteiger partial charge is 0.422 e. The quantitative estimate of drug-likeness (QED) is 0.174. The molecule has 0 saturated heterocycles. The highest BCUT2D eigenvalue weighted by molar-refractivity contribution is 6.36. The van der Waals surface area contributed by atoms with Gasteiger partial charge >= 0.3 is 5.97 Å². The number of halogens is 3. The third-order valence-corrected chi connectivity index (χ3v) is 5.23. The maximum atomic E-state index is 12.5. The van der Waals surface area contributed by atoms with Crippen LogP contribution in [0.25, 0.3) is 0 Å². The fourth-order valence-electron chi connectivity index (χ4n) is 2.70. The van der Waals surface area contributed by atoms with E-state index in [0.717, 1.165) is 0 Å². The van der Waals surface area contributed by atoms with E-state index in [2.05, 4.69) is 15.8 Å². The summed E-state index contributed by atoms with van der Waals surface area (Å²) in [5.74, 6) is -1.14. The van der Waals surface area contributed by atoms with Crippen molar-refractivity contribution in [2.24, 2.45) is 5.10 Å². The van der Waals surface area contributed by atoms with E-state index in [1.165, 1.54) is 36.5 Å². The highest BCUT2D eigenvalue weighted by atomic mass is 35.5. The van der Waals surface area contributed by atoms with Crippen LogP contribution in [0.3, 0.4) is 0 Å². The van der Waals surface area contributed by atoms with Gasteiger partial charge in [-0.1, -0.05) is 41.7 Å². The van der Waals surface area contributed by atoms with Crippen molar-refractivity contribution in [3.8, 4) is 5.75 Å². The zero-order valence-electron chi connectivity index (χ0n) is 17.8. The van der Waals surface area contributed by atoms with Crippen LogP contribution in [0.2, 0.25) is 15.1 Å². The Balaban J connectivity index is 1.70. The molecule has 34 heavy (non-hydrogen) atoms. The fourth-order valence-corrected chi connectivity index (χ4v) is 3.37. The van der Waals surface area contributed by atoms with Crippen molar-refractivity contribution in [2.75, 3.05) is 5.32 Å². The van der Waals surface area contributed by atoms with Crippen LogP contribution in [0.5, 0.6) is 5.75 Å². The lowest BCUT2D eigenvalue weighted by molar-refractivity contribution is -0.115. The topological polar surface area (TPSA) is 96.9 Å². The molecule has 0 aliphatic carbocycles. The van der Waals surface area contributed by atoms with Crippen LogP contribution < -0.4 is 15.5 Å². The Bertz CT molecular complexity index is 1260. The van der Waals surface area contributed by atoms with Gasteiger partial charge in [0.25, 0.3) is 5.91 Å². The summed E-state index contributed by atoms with van der Waals surface area (Å²) in [4.78, 5) is 36.3. The van der Waals surface area contributed by atoms with Gasteiger partial charge in [-0.25, -0.2) is 10.2 Å². The molecule has 0 aliphatic heterocycles. The first-order valence-electron chi connectivity index (χ1n) is 9.97. The van der Waals surface area contributed by atoms with Crippen LogP contribution in [0, 0.1) is 0 Å². The molecule has 3 aromatic carbocycles. The Morgan fingerprint density at radius 1 is 0.941 bits per heavy atom. The van der Waals surface area contributed by atoms with Crippen molar-refractivity contribution in [3.63, 3.8) is 0 Å². The predicted octanol–water partition coefficient (Wildman–Crippen LogP) is 5.98. The number of amides is 2. The van der Waals surface area contributed by atoms with Crippen LogP contribution in [0.4, 0.5) is 5.69 Å². The molecule has 7 nitrogen and oxygen atoms in total. The molecule has 0 bridgehead atoms. The van der Waals surface area contributed by atoms with Crippen LogP contribution in [-0.4, -0.2) is 24.0 Å². The van der Waals surface area contributed by atoms with E-state index < -0.39 is 11.9 Å². The smallest absolute Gasteiger partial charge is 0.345 e. The van der Waals surface area contributed by atoms with Gasteiger partial charge in [0.05, 0.1) is 16.8 Å². The van der Waals surface area contributed by atoms with Gasteiger partial charge in [-0.05, 0) is 60.7 Å². The third-order valence-electron chi connectivity index (χ3n) is 4.45. The maximum absolute atomic E-state index is 12.5. The molecule has 174 valence electrons. The van der Waals surface area contributed by atoms with E-state index in [-0.39, 0.29) is 22.2 Å². The average molecular weight is 519 g/mol. The van der Waals surface area contributed by atoms with Crippen LogP contribution in [0.15, 0.2) is 65.8 Å². The lowest BCUT2D eigenvalue weighted by Crippen LogP contribution is -2.18. The molecule has 0 spiro atoms. The van der Waals surface area contributed by atoms with Crippen molar-refractivity contribution in [3.05, 3.63) is 92.4 Å². The van der Waals surface area contributed by atoms with E-state index in [9.17, 15) is 14.4 Å². The van der Waals surface area contributed by atoms with E-state index in [0.29, 0.717) is 33.3 Å². The number of ether oxygens (including phenoxy) is 1. The molecule has 0 aromatic heterocycles. The molecule has 0 aliphatic rings. The molecule has 0 fully saturated rings. The summed E-state index contributed by atoms with van der Waals surface area (Å²) in [7, 11) is 0. The maximum Gasteiger partial charge on any atom is 0.345 e. The Labute approximate surface area is 210 Å². The summed E-state index contributed by atoms with van der Waals surface area (Å²) in [5, 5.41) is 7.53. The van der Waals surface area contributed by atoms with Crippen LogP contribution in [-0.2, 0) is 4.79 Å². The number of carbonyl (C=O) groups is 3. The monoisotopic (exact) mass is 517 g/mol. The lowest BCUT2D eigenvalue weighted by atomic mass is 10.2. The molecule has 0 saturated carbocycles. The highest BCUT2D eigenvalue weighted by Crippen LogP contribution is 2.25. The minimum absolute atomic E-state index is 0.127. The number of hydrogen-bond donors (Lipinski definition) is 2. The first-order valence-corrected chi connectivity index (χ1v) is 11.1. The normalized spacial score (nSPS) is 10.7. The predicted molar refractivity (Wildman–Crippen MR) is 133 cm³/mol. The number of hydrazone groups is 1. The number of hydrogen-bond acceptors (Lipinski definition) is 5. The van der Waals surface area contributed by atoms with E-state index >= 15 is 0 Å². The van der Waals surface area contributed by atoms with E-state index in [4.69, 9.17) is 39.5 Å². The zero-order chi connectivity index (χ0) is 24.7. The molecule has 10 heteroatoms. The molecule has 2 amide bonds. The molecular weight excluding hydrogens is 501 g/mol. The van der Waals surface area contributed by atoms with Gasteiger partial charge in [0.1, 0.15) is 5.75 Å². The van der Waals surface area contributed by atoms with Crippen molar-refractivity contribution in [2.45, 2.75) is 13.3 Å². The summed E-state index contributed by atoms with van der Waals surface area (Å²) in [6.07, 6.45) is 1.65. The van der Waals surface area contributed by atoms with Gasteiger partial charge in [-0.3, -0.25) is 9.59 Å². The van der Waals surface area contributed by atoms with Crippen LogP contribution >= 0.6 is 34.8 Å². The second kappa shape index (κ2) is 11.7. The number of esters is 1. The first kappa shape index (κ1) is 25.2. The average Bonchev–Trinajstić information content (AvgIpc) is 2.81. The molecule has 0 radical (unpaired) electrons. The molecular formula is C24H18Cl3N3O4. The summed E-state index contributed by atoms with van der Waals surface area (Å²) >= 11 is 18.0. The first-order chi connectivity index (χ1) is 16.3. The van der Waals surface area contributed by atoms with Crippen molar-refractivity contribution < 1.29 is 19.1 Å². The minimum Gasteiger partial charge on any atom is -0.422 e. The molecule has 2 N–H and O–H groups in total. The SMILES string of the molecule is CCC(=O)Nc1ccc(C(=O)N/N=C/c2cc(Cl)ccc2OC(=O)c2ccc(Cl)cc2Cl)cc1. The van der Waals surface area contributed by atoms with Crippen LogP contribution in [0.1, 0.15) is 39.6 Å². The van der Waals surface area contributed by atoms with Gasteiger partial charge < -0.3 is 10.1 Å². The Morgan fingerprint density at radius 3 is 2.29 bits per heavy atom. The van der Waals surface area contributed by atoms with Gasteiger partial charge in [0.2, 0.25) is 5.91 Å². The number of nitrogens with zero attached hydrogens (tertiary/aromatic N) is 1. The third kappa shape index (κ3) is 6.81. The molecule has 0 unspecified atom stereocenters. The molecule has 0 atom stereocenters. The second-order valence-electron chi connectivity index (χ2n) is 6.87. The Morgan fingerprint density at radius 2 is 1.62 bits per heavy atom. The van der Waals surface area contributed by atoms with Crippen molar-refractivity contribution >= 4 is 64.5 Å². The van der Waals surface area contributed by atoms with Gasteiger partial charge in [-0.2, -0.15) is 5.10 Å². The van der Waals surface area contributed by atoms with Gasteiger partial charge in [0.15, 0.2) is 0 Å². The number of benzene rings is 3. The fraction of sp³-hybridized carbons (Fsp3) is 0.0833. The molecule has 0 heterocycles. The summed E-state index contributed by atoms with van der Waals surface area (Å²) in [6.45, 7) is 1.74. The van der Waals surface area contributed by atoms with Gasteiger partial charge in [-0.15, -0.1) is 0 Å². The summed E-state index contributed by atoms with van der Waals surface area (Å²) in [5.41, 5.74) is 3.79. The number of anilines is 1. The van der Waals surface area contributed by atoms with Crippen molar-refractivity contribution in [1.29, 1.82) is 0 Å². The number of rotatable bonds is 7. The van der Waals surface area contributed by atoms with E-state index in [1.54, 1.807) is 37.3 Å². The number of nitrogens with one attached hydrogen (secondary N) is 2. The molecule has 3 aromatic rings. The Kier molecular flexibility index (Phi) is 8.65. The van der Waals surface area contributed by atoms with Crippen molar-refractivity contribution in [1.82, 2.24) is 5.43 Å². The highest BCUT2D eigenvalue weighted by Gasteiger charge is 2.15. The Hall–Kier alpha value is -3.39. The lowest BCUT2D eigenvalue weighted by Gasteiger charge is -2.09.